The van der Waals surface area contributed by atoms with Crippen LogP contribution in [-0.2, 0) is 16.1 Å². The SMILES string of the molecule is CC(=O)c1ccc(-c2ccc(C(=O)OCC(=O)NC3CCN(Cc4ccccc4)CC3)o2)cc1. The molecule has 7 heteroatoms. The van der Waals surface area contributed by atoms with Gasteiger partial charge in [-0.2, -0.15) is 0 Å². The monoisotopic (exact) mass is 460 g/mol. The molecule has 0 atom stereocenters. The van der Waals surface area contributed by atoms with Gasteiger partial charge in [0.1, 0.15) is 5.76 Å². The summed E-state index contributed by atoms with van der Waals surface area (Å²) in [6.45, 7) is 3.86. The number of esters is 1. The Morgan fingerprint density at radius 2 is 1.68 bits per heavy atom. The van der Waals surface area contributed by atoms with Gasteiger partial charge in [-0.15, -0.1) is 0 Å². The molecule has 0 bridgehead atoms. The number of rotatable bonds is 8. The smallest absolute Gasteiger partial charge is 0.374 e. The molecule has 1 fully saturated rings. The number of likely N-dealkylation sites (tertiary alicyclic amines) is 1. The van der Waals surface area contributed by atoms with Crippen LogP contribution in [0.25, 0.3) is 11.3 Å². The number of benzene rings is 2. The standard InChI is InChI=1S/C27H28N2O5/c1-19(30)21-7-9-22(10-8-21)24-11-12-25(34-24)27(32)33-18-26(31)28-23-13-15-29(16-14-23)17-20-5-3-2-4-6-20/h2-12,23H,13-18H2,1H3,(H,28,31). The summed E-state index contributed by atoms with van der Waals surface area (Å²) in [7, 11) is 0. The average molecular weight is 461 g/mol. The maximum absolute atomic E-state index is 12.3. The Kier molecular flexibility index (Phi) is 7.54. The zero-order valence-corrected chi connectivity index (χ0v) is 19.2. The van der Waals surface area contributed by atoms with Crippen molar-refractivity contribution in [3.05, 3.63) is 83.6 Å². The van der Waals surface area contributed by atoms with Gasteiger partial charge >= 0.3 is 5.97 Å². The second-order valence-electron chi connectivity index (χ2n) is 8.48. The largest absolute Gasteiger partial charge is 0.450 e. The number of piperidine rings is 1. The van der Waals surface area contributed by atoms with E-state index in [1.165, 1.54) is 18.6 Å². The lowest BCUT2D eigenvalue weighted by Gasteiger charge is -2.32. The Labute approximate surface area is 198 Å². The Morgan fingerprint density at radius 3 is 2.35 bits per heavy atom. The minimum Gasteiger partial charge on any atom is -0.450 e. The van der Waals surface area contributed by atoms with E-state index < -0.39 is 5.97 Å². The van der Waals surface area contributed by atoms with E-state index in [0.29, 0.717) is 11.3 Å². The van der Waals surface area contributed by atoms with Crippen LogP contribution in [0.5, 0.6) is 0 Å². The Balaban J connectivity index is 1.20. The predicted molar refractivity (Wildman–Crippen MR) is 127 cm³/mol. The van der Waals surface area contributed by atoms with Crippen LogP contribution in [0.15, 0.2) is 71.1 Å². The van der Waals surface area contributed by atoms with Crippen LogP contribution in [0.2, 0.25) is 0 Å². The van der Waals surface area contributed by atoms with Gasteiger partial charge in [-0.05, 0) is 37.5 Å². The molecule has 1 aliphatic rings. The second kappa shape index (κ2) is 10.9. The van der Waals surface area contributed by atoms with Crippen LogP contribution in [0.4, 0.5) is 0 Å². The molecule has 0 aliphatic carbocycles. The molecule has 2 aromatic carbocycles. The molecule has 1 amide bonds. The maximum atomic E-state index is 12.3. The zero-order chi connectivity index (χ0) is 23.9. The third-order valence-electron chi connectivity index (χ3n) is 5.92. The highest BCUT2D eigenvalue weighted by atomic mass is 16.5. The number of amides is 1. The summed E-state index contributed by atoms with van der Waals surface area (Å²) in [6.07, 6.45) is 1.72. The minimum absolute atomic E-state index is 0.0210. The molecule has 0 radical (unpaired) electrons. The van der Waals surface area contributed by atoms with Gasteiger partial charge in [0, 0.05) is 36.8 Å². The highest BCUT2D eigenvalue weighted by Gasteiger charge is 2.22. The number of carbonyl (C=O) groups is 3. The second-order valence-corrected chi connectivity index (χ2v) is 8.48. The fourth-order valence-electron chi connectivity index (χ4n) is 4.02. The first-order valence-corrected chi connectivity index (χ1v) is 11.4. The number of carbonyl (C=O) groups excluding carboxylic acids is 3. The molecule has 1 N–H and O–H groups in total. The van der Waals surface area contributed by atoms with Gasteiger partial charge in [-0.25, -0.2) is 4.79 Å². The van der Waals surface area contributed by atoms with Crippen molar-refractivity contribution in [2.45, 2.75) is 32.4 Å². The molecule has 176 valence electrons. The number of nitrogens with zero attached hydrogens (tertiary/aromatic N) is 1. The first kappa shape index (κ1) is 23.4. The Bertz CT molecular complexity index is 1130. The molecule has 4 rings (SSSR count). The summed E-state index contributed by atoms with van der Waals surface area (Å²) in [5, 5.41) is 2.95. The number of hydrogen-bond acceptors (Lipinski definition) is 6. The van der Waals surface area contributed by atoms with Gasteiger partial charge < -0.3 is 14.5 Å². The molecular formula is C27H28N2O5. The van der Waals surface area contributed by atoms with E-state index in [1.54, 1.807) is 30.3 Å². The summed E-state index contributed by atoms with van der Waals surface area (Å²) in [5.74, 6) is -0.534. The molecule has 7 nitrogen and oxygen atoms in total. The van der Waals surface area contributed by atoms with Crippen LogP contribution >= 0.6 is 0 Å². The minimum atomic E-state index is -0.695. The molecule has 0 saturated carbocycles. The quantitative estimate of drug-likeness (QED) is 0.402. The molecule has 1 aliphatic heterocycles. The highest BCUT2D eigenvalue weighted by molar-refractivity contribution is 5.94. The van der Waals surface area contributed by atoms with E-state index >= 15 is 0 Å². The fraction of sp³-hybridized carbons (Fsp3) is 0.296. The van der Waals surface area contributed by atoms with Crippen molar-refractivity contribution in [3.8, 4) is 11.3 Å². The number of hydrogen-bond donors (Lipinski definition) is 1. The van der Waals surface area contributed by atoms with E-state index in [0.717, 1.165) is 38.0 Å². The summed E-state index contributed by atoms with van der Waals surface area (Å²) in [6, 6.07) is 20.5. The Morgan fingerprint density at radius 1 is 0.971 bits per heavy atom. The van der Waals surface area contributed by atoms with Crippen molar-refractivity contribution in [2.24, 2.45) is 0 Å². The third-order valence-corrected chi connectivity index (χ3v) is 5.92. The Hall–Kier alpha value is -3.71. The van der Waals surface area contributed by atoms with E-state index in [2.05, 4.69) is 22.3 Å². The van der Waals surface area contributed by atoms with E-state index in [1.807, 2.05) is 18.2 Å². The lowest BCUT2D eigenvalue weighted by atomic mass is 10.0. The molecule has 3 aromatic rings. The van der Waals surface area contributed by atoms with Crippen LogP contribution in [0, 0.1) is 0 Å². The van der Waals surface area contributed by atoms with Gasteiger partial charge in [0.05, 0.1) is 0 Å². The summed E-state index contributed by atoms with van der Waals surface area (Å²) in [5.41, 5.74) is 2.62. The number of ether oxygens (including phenoxy) is 1. The molecule has 0 spiro atoms. The van der Waals surface area contributed by atoms with Crippen molar-refractivity contribution in [2.75, 3.05) is 19.7 Å². The molecule has 34 heavy (non-hydrogen) atoms. The first-order chi connectivity index (χ1) is 16.5. The number of ketones is 1. The molecule has 0 unspecified atom stereocenters. The zero-order valence-electron chi connectivity index (χ0n) is 19.2. The maximum Gasteiger partial charge on any atom is 0.374 e. The predicted octanol–water partition coefficient (Wildman–Crippen LogP) is 4.09. The number of Topliss-reactive ketones (excluding diaryl/α,β-unsaturated/α-hetero) is 1. The van der Waals surface area contributed by atoms with Gasteiger partial charge in [-0.3, -0.25) is 14.5 Å². The van der Waals surface area contributed by atoms with Gasteiger partial charge in [0.2, 0.25) is 5.76 Å². The van der Waals surface area contributed by atoms with Crippen LogP contribution in [0.1, 0.15) is 46.2 Å². The molecule has 1 aromatic heterocycles. The van der Waals surface area contributed by atoms with E-state index in [9.17, 15) is 14.4 Å². The third kappa shape index (κ3) is 6.20. The summed E-state index contributed by atoms with van der Waals surface area (Å²) < 4.78 is 10.7. The molecule has 1 saturated heterocycles. The molecular weight excluding hydrogens is 432 g/mol. The topological polar surface area (TPSA) is 88.8 Å². The lowest BCUT2D eigenvalue weighted by molar-refractivity contribution is -0.125. The number of nitrogens with one attached hydrogen (secondary N) is 1. The van der Waals surface area contributed by atoms with Crippen LogP contribution in [0.3, 0.4) is 0 Å². The van der Waals surface area contributed by atoms with Crippen LogP contribution in [-0.4, -0.2) is 48.3 Å². The van der Waals surface area contributed by atoms with Crippen molar-refractivity contribution in [1.29, 1.82) is 0 Å². The summed E-state index contributed by atoms with van der Waals surface area (Å²) >= 11 is 0. The van der Waals surface area contributed by atoms with Crippen molar-refractivity contribution in [1.82, 2.24) is 10.2 Å². The van der Waals surface area contributed by atoms with E-state index in [-0.39, 0.29) is 30.1 Å². The lowest BCUT2D eigenvalue weighted by Crippen LogP contribution is -2.45. The van der Waals surface area contributed by atoms with Gasteiger partial charge in [0.15, 0.2) is 12.4 Å². The van der Waals surface area contributed by atoms with E-state index in [4.69, 9.17) is 9.15 Å². The van der Waals surface area contributed by atoms with Gasteiger partial charge in [-0.1, -0.05) is 54.6 Å². The van der Waals surface area contributed by atoms with Crippen molar-refractivity contribution < 1.29 is 23.5 Å². The average Bonchev–Trinajstić information content (AvgIpc) is 3.35. The number of furan rings is 1. The van der Waals surface area contributed by atoms with Crippen molar-refractivity contribution in [3.63, 3.8) is 0 Å². The normalized spacial score (nSPS) is 14.5. The first-order valence-electron chi connectivity index (χ1n) is 11.4. The van der Waals surface area contributed by atoms with Crippen LogP contribution < -0.4 is 5.32 Å². The van der Waals surface area contributed by atoms with Gasteiger partial charge in [0.25, 0.3) is 5.91 Å². The fourth-order valence-corrected chi connectivity index (χ4v) is 4.02. The highest BCUT2D eigenvalue weighted by Crippen LogP contribution is 2.23. The molecule has 2 heterocycles. The summed E-state index contributed by atoms with van der Waals surface area (Å²) in [4.78, 5) is 38.3. The van der Waals surface area contributed by atoms with Crippen molar-refractivity contribution >= 4 is 17.7 Å².